The molecule has 0 saturated heterocycles. The van der Waals surface area contributed by atoms with E-state index in [2.05, 4.69) is 4.74 Å². The fraction of sp³-hybridized carbons (Fsp3) is 0.345. The molecule has 0 spiro atoms. The van der Waals surface area contributed by atoms with Crippen molar-refractivity contribution in [2.24, 2.45) is 5.92 Å². The quantitative estimate of drug-likeness (QED) is 0.0701. The molecular weight excluding hydrogens is 615 g/mol. The number of carbonyl (C=O) groups is 2. The Hall–Kier alpha value is -4.03. The van der Waals surface area contributed by atoms with E-state index in [-0.39, 0.29) is 45.9 Å². The summed E-state index contributed by atoms with van der Waals surface area (Å²) < 4.78 is 58.1. The maximum Gasteiger partial charge on any atom is 0.387 e. The molecule has 0 aliphatic heterocycles. The number of ether oxygens (including phenoxy) is 6. The van der Waals surface area contributed by atoms with E-state index in [0.717, 1.165) is 25.2 Å². The first-order valence-electron chi connectivity index (χ1n) is 13.0. The molecule has 1 aromatic heterocycles. The summed E-state index contributed by atoms with van der Waals surface area (Å²) in [4.78, 5) is 25.6. The van der Waals surface area contributed by atoms with Crippen LogP contribution in [0.3, 0.4) is 0 Å². The summed E-state index contributed by atoms with van der Waals surface area (Å²) in [5, 5.41) is 11.8. The van der Waals surface area contributed by atoms with Crippen molar-refractivity contribution in [2.45, 2.75) is 38.4 Å². The van der Waals surface area contributed by atoms with Gasteiger partial charge in [-0.3, -0.25) is 9.59 Å². The number of hydrogen-bond acceptors (Lipinski definition) is 9. The zero-order valence-corrected chi connectivity index (χ0v) is 24.5. The average molecular weight is 642 g/mol. The van der Waals surface area contributed by atoms with Crippen molar-refractivity contribution >= 4 is 35.1 Å². The molecule has 1 fully saturated rings. The highest BCUT2D eigenvalue weighted by Gasteiger charge is 2.27. The summed E-state index contributed by atoms with van der Waals surface area (Å²) in [5.41, 5.74) is 0.574. The Morgan fingerprint density at radius 1 is 0.953 bits per heavy atom. The van der Waals surface area contributed by atoms with E-state index in [1.807, 2.05) is 0 Å². The number of pyridine rings is 1. The van der Waals surface area contributed by atoms with Crippen molar-refractivity contribution in [3.8, 4) is 28.7 Å². The zero-order valence-electron chi connectivity index (χ0n) is 23.0. The number of esters is 2. The molecule has 0 amide bonds. The first-order valence-corrected chi connectivity index (χ1v) is 13.7. The minimum Gasteiger partial charge on any atom is -0.619 e. The number of nitrogens with zero attached hydrogens (tertiary/aromatic N) is 1. The zero-order chi connectivity index (χ0) is 31.1. The lowest BCUT2D eigenvalue weighted by molar-refractivity contribution is -0.605. The van der Waals surface area contributed by atoms with Gasteiger partial charge in [-0.1, -0.05) is 29.3 Å². The third-order valence-electron chi connectivity index (χ3n) is 6.29. The molecule has 0 unspecified atom stereocenters. The van der Waals surface area contributed by atoms with Gasteiger partial charge in [0.2, 0.25) is 0 Å². The van der Waals surface area contributed by atoms with E-state index in [1.165, 1.54) is 44.6 Å². The first kappa shape index (κ1) is 31.9. The van der Waals surface area contributed by atoms with Crippen LogP contribution in [0, 0.1) is 11.1 Å². The van der Waals surface area contributed by atoms with E-state index >= 15 is 0 Å². The maximum atomic E-state index is 13.1. The standard InChI is InChI=1S/C29H27Cl2F2NO9/c1-38-18-8-19(39-2)10-20(9-18)41-27(35)12-28(36)42-25(11-21-22(30)13-34(37)14-23(21)31)17-5-6-24(43-29(32)33)26(7-17)40-15-16-3-4-16/h5-10,13-14,16,25,29H,3-4,11-12,15H2,1-2H3/t25-/m0/s1. The summed E-state index contributed by atoms with van der Waals surface area (Å²) in [7, 11) is 2.85. The number of rotatable bonds is 14. The highest BCUT2D eigenvalue weighted by atomic mass is 35.5. The highest BCUT2D eigenvalue weighted by Crippen LogP contribution is 2.38. The van der Waals surface area contributed by atoms with E-state index < -0.39 is 31.1 Å². The number of methoxy groups -OCH3 is 2. The molecule has 14 heteroatoms. The third-order valence-corrected chi connectivity index (χ3v) is 6.94. The van der Waals surface area contributed by atoms with Crippen LogP contribution in [0.4, 0.5) is 8.78 Å². The molecule has 0 bridgehead atoms. The molecule has 230 valence electrons. The van der Waals surface area contributed by atoms with Crippen LogP contribution in [0.2, 0.25) is 10.0 Å². The number of alkyl halides is 2. The molecule has 1 saturated carbocycles. The van der Waals surface area contributed by atoms with Crippen LogP contribution in [-0.4, -0.2) is 39.4 Å². The van der Waals surface area contributed by atoms with Crippen LogP contribution < -0.4 is 28.4 Å². The second-order valence-corrected chi connectivity index (χ2v) is 10.3. The lowest BCUT2D eigenvalue weighted by Crippen LogP contribution is -2.26. The van der Waals surface area contributed by atoms with Crippen LogP contribution in [0.25, 0.3) is 0 Å². The minimum absolute atomic E-state index is 0.00204. The smallest absolute Gasteiger partial charge is 0.387 e. The van der Waals surface area contributed by atoms with Gasteiger partial charge >= 0.3 is 18.6 Å². The average Bonchev–Trinajstić information content (AvgIpc) is 3.77. The van der Waals surface area contributed by atoms with Crippen LogP contribution in [0.5, 0.6) is 28.7 Å². The third kappa shape index (κ3) is 9.23. The Kier molecular flexibility index (Phi) is 10.7. The van der Waals surface area contributed by atoms with Crippen LogP contribution in [0.1, 0.15) is 36.5 Å². The van der Waals surface area contributed by atoms with Crippen LogP contribution in [0.15, 0.2) is 48.8 Å². The summed E-state index contributed by atoms with van der Waals surface area (Å²) in [6, 6.07) is 8.50. The summed E-state index contributed by atoms with van der Waals surface area (Å²) >= 11 is 12.5. The Morgan fingerprint density at radius 3 is 2.16 bits per heavy atom. The second-order valence-electron chi connectivity index (χ2n) is 9.51. The van der Waals surface area contributed by atoms with E-state index in [4.69, 9.17) is 46.9 Å². The van der Waals surface area contributed by atoms with Crippen molar-refractivity contribution in [3.63, 3.8) is 0 Å². The molecule has 0 N–H and O–H groups in total. The monoisotopic (exact) mass is 641 g/mol. The van der Waals surface area contributed by atoms with Gasteiger partial charge in [-0.2, -0.15) is 13.5 Å². The Labute approximate surface area is 255 Å². The lowest BCUT2D eigenvalue weighted by Gasteiger charge is -2.21. The summed E-state index contributed by atoms with van der Waals surface area (Å²) in [6.07, 6.45) is 1.99. The molecule has 3 aromatic rings. The van der Waals surface area contributed by atoms with Crippen molar-refractivity contribution in [3.05, 3.63) is 75.2 Å². The maximum absolute atomic E-state index is 13.1. The van der Waals surface area contributed by atoms with Gasteiger partial charge in [0.1, 0.15) is 39.8 Å². The molecule has 1 aliphatic rings. The topological polar surface area (TPSA) is 116 Å². The number of hydrogen-bond donors (Lipinski definition) is 0. The normalized spacial score (nSPS) is 13.3. The number of benzene rings is 2. The van der Waals surface area contributed by atoms with Gasteiger partial charge in [0.15, 0.2) is 23.9 Å². The largest absolute Gasteiger partial charge is 0.619 e. The number of carbonyl (C=O) groups excluding carboxylic acids is 2. The molecule has 2 aromatic carbocycles. The molecule has 0 radical (unpaired) electrons. The fourth-order valence-corrected chi connectivity index (χ4v) is 4.59. The van der Waals surface area contributed by atoms with E-state index in [0.29, 0.717) is 27.7 Å². The molecular formula is C29H27Cl2F2NO9. The molecule has 4 rings (SSSR count). The van der Waals surface area contributed by atoms with Gasteiger partial charge in [-0.05, 0) is 36.5 Å². The van der Waals surface area contributed by atoms with Gasteiger partial charge in [0.25, 0.3) is 0 Å². The SMILES string of the molecule is COc1cc(OC)cc(OC(=O)CC(=O)O[C@@H](Cc2c(Cl)c[n+]([O-])cc2Cl)c2ccc(OC(F)F)c(OCC3CC3)c2)c1. The predicted molar refractivity (Wildman–Crippen MR) is 149 cm³/mol. The van der Waals surface area contributed by atoms with Gasteiger partial charge in [-0.15, -0.1) is 0 Å². The van der Waals surface area contributed by atoms with E-state index in [9.17, 15) is 23.6 Å². The Bertz CT molecular complexity index is 1420. The van der Waals surface area contributed by atoms with Gasteiger partial charge in [0, 0.05) is 30.2 Å². The van der Waals surface area contributed by atoms with Crippen molar-refractivity contribution < 1.29 is 51.5 Å². The molecule has 1 aliphatic carbocycles. The van der Waals surface area contributed by atoms with Crippen molar-refractivity contribution in [1.29, 1.82) is 0 Å². The number of aromatic nitrogens is 1. The Morgan fingerprint density at radius 2 is 1.58 bits per heavy atom. The van der Waals surface area contributed by atoms with Gasteiger partial charge < -0.3 is 33.6 Å². The lowest BCUT2D eigenvalue weighted by atomic mass is 10.0. The Balaban J connectivity index is 1.58. The number of halogens is 4. The fourth-order valence-electron chi connectivity index (χ4n) is 3.99. The van der Waals surface area contributed by atoms with Crippen LogP contribution in [-0.2, 0) is 20.7 Å². The molecule has 43 heavy (non-hydrogen) atoms. The minimum atomic E-state index is -3.10. The van der Waals surface area contributed by atoms with Gasteiger partial charge in [-0.25, -0.2) is 0 Å². The molecule has 1 heterocycles. The van der Waals surface area contributed by atoms with Crippen molar-refractivity contribution in [2.75, 3.05) is 20.8 Å². The summed E-state index contributed by atoms with van der Waals surface area (Å²) in [6.45, 7) is -2.81. The first-order chi connectivity index (χ1) is 20.5. The van der Waals surface area contributed by atoms with E-state index in [1.54, 1.807) is 6.07 Å². The van der Waals surface area contributed by atoms with Gasteiger partial charge in [0.05, 0.1) is 20.8 Å². The highest BCUT2D eigenvalue weighted by molar-refractivity contribution is 6.35. The molecule has 10 nitrogen and oxygen atoms in total. The summed E-state index contributed by atoms with van der Waals surface area (Å²) in [5.74, 6) is -1.000. The van der Waals surface area contributed by atoms with Crippen molar-refractivity contribution in [1.82, 2.24) is 0 Å². The second kappa shape index (κ2) is 14.4. The molecule has 1 atom stereocenters. The predicted octanol–water partition coefficient (Wildman–Crippen LogP) is 5.86. The van der Waals surface area contributed by atoms with Crippen LogP contribution >= 0.6 is 23.2 Å².